The predicted octanol–water partition coefficient (Wildman–Crippen LogP) is 2.29. The van der Waals surface area contributed by atoms with Gasteiger partial charge in [-0.05, 0) is 6.42 Å². The number of carbonyl (C=O) groups is 2. The molecule has 0 aromatic carbocycles. The van der Waals surface area contributed by atoms with Crippen LogP contribution in [0.2, 0.25) is 0 Å². The van der Waals surface area contributed by atoms with Crippen LogP contribution in [0.15, 0.2) is 0 Å². The molecule has 0 spiro atoms. The summed E-state index contributed by atoms with van der Waals surface area (Å²) in [5.74, 6) is -1.03. The third-order valence-electron chi connectivity index (χ3n) is 2.79. The van der Waals surface area contributed by atoms with Gasteiger partial charge < -0.3 is 10.0 Å². The van der Waals surface area contributed by atoms with Crippen LogP contribution in [0.25, 0.3) is 0 Å². The second kappa shape index (κ2) is 13.4. The number of nitrogens with zero attached hydrogens (tertiary/aromatic N) is 1. The number of hydrogen-bond donors (Lipinski definition) is 1. The van der Waals surface area contributed by atoms with Crippen molar-refractivity contribution in [3.8, 4) is 0 Å². The van der Waals surface area contributed by atoms with E-state index in [0.29, 0.717) is 6.42 Å². The molecule has 0 fully saturated rings. The molecule has 1 amide bonds. The molecule has 0 aliphatic carbocycles. The summed E-state index contributed by atoms with van der Waals surface area (Å²) in [6, 6.07) is 0. The number of carboxylic acids is 1. The summed E-state index contributed by atoms with van der Waals surface area (Å²) < 4.78 is 0. The average molecular weight is 266 g/mol. The van der Waals surface area contributed by atoms with Crippen molar-refractivity contribution >= 4 is 41.4 Å². The maximum Gasteiger partial charge on any atom is 0.323 e. The Labute approximate surface area is 132 Å². The molecule has 101 valence electrons. The Hall–Kier alpha value is -0.0600. The van der Waals surface area contributed by atoms with E-state index in [2.05, 4.69) is 6.92 Å². The minimum Gasteiger partial charge on any atom is -0.480 e. The molecule has 0 aliphatic heterocycles. The minimum absolute atomic E-state index is 0. The molecular weight excluding hydrogens is 241 g/mol. The molecule has 0 bridgehead atoms. The molecular formula is C13H25NNaO3. The van der Waals surface area contributed by atoms with Crippen LogP contribution in [0.3, 0.4) is 0 Å². The van der Waals surface area contributed by atoms with Crippen molar-refractivity contribution in [3.05, 3.63) is 0 Å². The molecule has 0 aromatic heterocycles. The van der Waals surface area contributed by atoms with Crippen LogP contribution in [0.5, 0.6) is 0 Å². The Morgan fingerprint density at radius 3 is 2.00 bits per heavy atom. The topological polar surface area (TPSA) is 57.6 Å². The summed E-state index contributed by atoms with van der Waals surface area (Å²) in [5, 5.41) is 8.53. The van der Waals surface area contributed by atoms with Gasteiger partial charge in [0.25, 0.3) is 0 Å². The standard InChI is InChI=1S/C13H25NO3.Na/c1-3-4-5-6-7-8-9-10-12(15)14(2)11-13(16)17;/h3-11H2,1-2H3,(H,16,17);. The number of carboxylic acid groups (broad SMARTS) is 1. The van der Waals surface area contributed by atoms with Gasteiger partial charge in [0.05, 0.1) is 0 Å². The van der Waals surface area contributed by atoms with E-state index < -0.39 is 5.97 Å². The van der Waals surface area contributed by atoms with Crippen molar-refractivity contribution < 1.29 is 14.7 Å². The van der Waals surface area contributed by atoms with Gasteiger partial charge in [0.1, 0.15) is 6.54 Å². The summed E-state index contributed by atoms with van der Waals surface area (Å²) in [6.07, 6.45) is 8.65. The van der Waals surface area contributed by atoms with Crippen molar-refractivity contribution in [2.45, 2.75) is 58.3 Å². The summed E-state index contributed by atoms with van der Waals surface area (Å²) in [4.78, 5) is 23.2. The number of aliphatic carboxylic acids is 1. The normalized spacial score (nSPS) is 9.67. The van der Waals surface area contributed by atoms with Gasteiger partial charge in [0, 0.05) is 43.0 Å². The van der Waals surface area contributed by atoms with E-state index in [1.165, 1.54) is 44.1 Å². The SMILES string of the molecule is CCCCCCCCCC(=O)N(C)CC(=O)O.[Na]. The van der Waals surface area contributed by atoms with Gasteiger partial charge in [0.2, 0.25) is 5.91 Å². The minimum atomic E-state index is -0.958. The number of rotatable bonds is 10. The monoisotopic (exact) mass is 266 g/mol. The van der Waals surface area contributed by atoms with Crippen molar-refractivity contribution in [2.24, 2.45) is 0 Å². The molecule has 0 aromatic rings. The molecule has 0 saturated heterocycles. The van der Waals surface area contributed by atoms with Crippen molar-refractivity contribution in [3.63, 3.8) is 0 Å². The predicted molar refractivity (Wildman–Crippen MR) is 73.6 cm³/mol. The molecule has 5 heteroatoms. The van der Waals surface area contributed by atoms with Crippen LogP contribution in [0.4, 0.5) is 0 Å². The summed E-state index contributed by atoms with van der Waals surface area (Å²) in [5.41, 5.74) is 0. The number of carbonyl (C=O) groups excluding carboxylic acids is 1. The van der Waals surface area contributed by atoms with E-state index in [1.54, 1.807) is 0 Å². The number of amides is 1. The van der Waals surface area contributed by atoms with Gasteiger partial charge in [-0.1, -0.05) is 45.4 Å². The number of unbranched alkanes of at least 4 members (excludes halogenated alkanes) is 6. The summed E-state index contributed by atoms with van der Waals surface area (Å²) >= 11 is 0. The van der Waals surface area contributed by atoms with Gasteiger partial charge in [-0.2, -0.15) is 0 Å². The molecule has 1 N–H and O–H groups in total. The van der Waals surface area contributed by atoms with Crippen LogP contribution in [-0.2, 0) is 9.59 Å². The first-order valence-electron chi connectivity index (χ1n) is 6.53. The molecule has 18 heavy (non-hydrogen) atoms. The largest absolute Gasteiger partial charge is 0.480 e. The fraction of sp³-hybridized carbons (Fsp3) is 0.846. The first-order chi connectivity index (χ1) is 8.07. The maximum absolute atomic E-state index is 11.5. The molecule has 0 atom stereocenters. The molecule has 0 rings (SSSR count). The molecule has 0 heterocycles. The van der Waals surface area contributed by atoms with Crippen molar-refractivity contribution in [1.82, 2.24) is 4.90 Å². The van der Waals surface area contributed by atoms with Crippen molar-refractivity contribution in [1.29, 1.82) is 0 Å². The number of likely N-dealkylation sites (N-methyl/N-ethyl adjacent to an activating group) is 1. The van der Waals surface area contributed by atoms with Crippen LogP contribution in [0.1, 0.15) is 58.3 Å². The zero-order valence-electron chi connectivity index (χ0n) is 12.1. The Balaban J connectivity index is 0. The second-order valence-electron chi connectivity index (χ2n) is 4.51. The van der Waals surface area contributed by atoms with Gasteiger partial charge in [0.15, 0.2) is 0 Å². The quantitative estimate of drug-likeness (QED) is 0.487. The van der Waals surface area contributed by atoms with E-state index in [-0.39, 0.29) is 42.0 Å². The third kappa shape index (κ3) is 12.4. The van der Waals surface area contributed by atoms with Gasteiger partial charge in [-0.3, -0.25) is 9.59 Å². The fourth-order valence-electron chi connectivity index (χ4n) is 1.72. The third-order valence-corrected chi connectivity index (χ3v) is 2.79. The van der Waals surface area contributed by atoms with Crippen LogP contribution in [-0.4, -0.2) is 65.0 Å². The van der Waals surface area contributed by atoms with Gasteiger partial charge >= 0.3 is 5.97 Å². The maximum atomic E-state index is 11.5. The van der Waals surface area contributed by atoms with Crippen LogP contribution < -0.4 is 0 Å². The molecule has 4 nitrogen and oxygen atoms in total. The van der Waals surface area contributed by atoms with E-state index in [0.717, 1.165) is 12.8 Å². The first-order valence-corrected chi connectivity index (χ1v) is 6.53. The van der Waals surface area contributed by atoms with E-state index in [4.69, 9.17) is 5.11 Å². The second-order valence-corrected chi connectivity index (χ2v) is 4.51. The Bertz CT molecular complexity index is 234. The average Bonchev–Trinajstić information content (AvgIpc) is 2.26. The van der Waals surface area contributed by atoms with Crippen LogP contribution >= 0.6 is 0 Å². The Morgan fingerprint density at radius 1 is 1.00 bits per heavy atom. The number of hydrogen-bond acceptors (Lipinski definition) is 2. The first kappa shape index (κ1) is 20.3. The van der Waals surface area contributed by atoms with Crippen molar-refractivity contribution in [2.75, 3.05) is 13.6 Å². The zero-order valence-corrected chi connectivity index (χ0v) is 14.1. The molecule has 0 saturated carbocycles. The van der Waals surface area contributed by atoms with E-state index >= 15 is 0 Å². The Morgan fingerprint density at radius 2 is 1.50 bits per heavy atom. The van der Waals surface area contributed by atoms with Gasteiger partial charge in [-0.25, -0.2) is 0 Å². The van der Waals surface area contributed by atoms with E-state index in [9.17, 15) is 9.59 Å². The zero-order chi connectivity index (χ0) is 13.1. The summed E-state index contributed by atoms with van der Waals surface area (Å²) in [6.45, 7) is 1.99. The smallest absolute Gasteiger partial charge is 0.323 e. The summed E-state index contributed by atoms with van der Waals surface area (Å²) in [7, 11) is 1.54. The fourth-order valence-corrected chi connectivity index (χ4v) is 1.72. The van der Waals surface area contributed by atoms with Gasteiger partial charge in [-0.15, -0.1) is 0 Å². The van der Waals surface area contributed by atoms with Crippen LogP contribution in [0, 0.1) is 0 Å². The molecule has 0 aliphatic rings. The van der Waals surface area contributed by atoms with E-state index in [1.807, 2.05) is 0 Å². The Kier molecular flexibility index (Phi) is 15.1. The molecule has 0 unspecified atom stereocenters. The molecule has 1 radical (unpaired) electrons.